The first-order valence-corrected chi connectivity index (χ1v) is 8.23. The molecule has 2 atom stereocenters. The predicted molar refractivity (Wildman–Crippen MR) is 77.0 cm³/mol. The average Bonchev–Trinajstić information content (AvgIpc) is 2.82. The van der Waals surface area contributed by atoms with E-state index >= 15 is 0 Å². The summed E-state index contributed by atoms with van der Waals surface area (Å²) in [4.78, 5) is 8.07. The molecule has 0 saturated carbocycles. The van der Waals surface area contributed by atoms with Crippen LogP contribution in [0.5, 0.6) is 0 Å². The van der Waals surface area contributed by atoms with E-state index in [1.807, 2.05) is 11.7 Å². The van der Waals surface area contributed by atoms with Gasteiger partial charge in [-0.25, -0.2) is 0 Å². The second-order valence-corrected chi connectivity index (χ2v) is 6.58. The Hall–Kier alpha value is -0.100. The van der Waals surface area contributed by atoms with Gasteiger partial charge >= 0.3 is 0 Å². The van der Waals surface area contributed by atoms with Crippen molar-refractivity contribution < 1.29 is 0 Å². The lowest BCUT2D eigenvalue weighted by atomic mass is 10.0. The van der Waals surface area contributed by atoms with Gasteiger partial charge in [0.1, 0.15) is 0 Å². The van der Waals surface area contributed by atoms with Crippen molar-refractivity contribution in [3.05, 3.63) is 16.6 Å². The molecule has 2 heterocycles. The summed E-state index contributed by atoms with van der Waals surface area (Å²) < 4.78 is 0. The van der Waals surface area contributed by atoms with E-state index in [9.17, 15) is 0 Å². The number of likely N-dealkylation sites (N-methyl/N-ethyl adjacent to an activating group) is 2. The van der Waals surface area contributed by atoms with Gasteiger partial charge in [-0.05, 0) is 13.6 Å². The lowest BCUT2D eigenvalue weighted by Crippen LogP contribution is -2.53. The summed E-state index contributed by atoms with van der Waals surface area (Å²) in [5.41, 5.74) is 1.93. The highest BCUT2D eigenvalue weighted by molar-refractivity contribution is 7.99. The lowest BCUT2D eigenvalue weighted by Gasteiger charge is -2.38. The molecule has 0 spiro atoms. The quantitative estimate of drug-likeness (QED) is 0.882. The SMILES string of the molecule is CCNC(Cc1cncs1)C1CSCCN1C. The van der Waals surface area contributed by atoms with Crippen molar-refractivity contribution in [1.29, 1.82) is 0 Å². The Labute approximate surface area is 112 Å². The lowest BCUT2D eigenvalue weighted by molar-refractivity contribution is 0.215. The van der Waals surface area contributed by atoms with E-state index in [-0.39, 0.29) is 0 Å². The number of hydrogen-bond donors (Lipinski definition) is 1. The highest BCUT2D eigenvalue weighted by atomic mass is 32.2. The molecule has 96 valence electrons. The maximum absolute atomic E-state index is 4.17. The number of hydrogen-bond acceptors (Lipinski definition) is 5. The van der Waals surface area contributed by atoms with Crippen LogP contribution >= 0.6 is 23.1 Å². The topological polar surface area (TPSA) is 28.2 Å². The normalized spacial score (nSPS) is 23.8. The number of nitrogens with one attached hydrogen (secondary N) is 1. The first-order chi connectivity index (χ1) is 8.31. The van der Waals surface area contributed by atoms with Crippen LogP contribution in [-0.4, -0.2) is 53.6 Å². The Bertz CT molecular complexity index is 316. The van der Waals surface area contributed by atoms with Crippen LogP contribution in [0.25, 0.3) is 0 Å². The zero-order chi connectivity index (χ0) is 12.1. The fourth-order valence-corrected chi connectivity index (χ4v) is 4.26. The minimum atomic E-state index is 0.554. The summed E-state index contributed by atoms with van der Waals surface area (Å²) in [6.07, 6.45) is 3.11. The second-order valence-electron chi connectivity index (χ2n) is 4.46. The number of thioether (sulfide) groups is 1. The summed E-state index contributed by atoms with van der Waals surface area (Å²) in [5.74, 6) is 2.51. The van der Waals surface area contributed by atoms with Crippen molar-refractivity contribution in [3.63, 3.8) is 0 Å². The summed E-state index contributed by atoms with van der Waals surface area (Å²) in [6.45, 7) is 4.44. The van der Waals surface area contributed by atoms with Gasteiger partial charge in [0.05, 0.1) is 5.51 Å². The monoisotopic (exact) mass is 271 g/mol. The van der Waals surface area contributed by atoms with Gasteiger partial charge in [-0.2, -0.15) is 11.8 Å². The highest BCUT2D eigenvalue weighted by Crippen LogP contribution is 2.20. The fourth-order valence-electron chi connectivity index (χ4n) is 2.30. The molecular formula is C12H21N3S2. The van der Waals surface area contributed by atoms with Crippen LogP contribution in [0.15, 0.2) is 11.7 Å². The van der Waals surface area contributed by atoms with Gasteiger partial charge in [-0.15, -0.1) is 11.3 Å². The fraction of sp³-hybridized carbons (Fsp3) is 0.750. The third kappa shape index (κ3) is 3.68. The van der Waals surface area contributed by atoms with Gasteiger partial charge in [0.2, 0.25) is 0 Å². The maximum Gasteiger partial charge on any atom is 0.0794 e. The molecule has 1 saturated heterocycles. The van der Waals surface area contributed by atoms with Crippen LogP contribution in [0.1, 0.15) is 11.8 Å². The summed E-state index contributed by atoms with van der Waals surface area (Å²) in [7, 11) is 2.25. The van der Waals surface area contributed by atoms with E-state index in [0.717, 1.165) is 13.0 Å². The van der Waals surface area contributed by atoms with Crippen LogP contribution < -0.4 is 5.32 Å². The minimum Gasteiger partial charge on any atom is -0.312 e. The Kier molecular flexibility index (Phi) is 5.28. The first kappa shape index (κ1) is 13.3. The number of aromatic nitrogens is 1. The smallest absolute Gasteiger partial charge is 0.0794 e. The zero-order valence-electron chi connectivity index (χ0n) is 10.6. The number of nitrogens with zero attached hydrogens (tertiary/aromatic N) is 2. The zero-order valence-corrected chi connectivity index (χ0v) is 12.2. The molecule has 1 aromatic rings. The van der Waals surface area contributed by atoms with Gasteiger partial charge in [0, 0.05) is 47.6 Å². The maximum atomic E-state index is 4.17. The largest absolute Gasteiger partial charge is 0.312 e. The molecule has 1 aromatic heterocycles. The van der Waals surface area contributed by atoms with E-state index in [4.69, 9.17) is 0 Å². The minimum absolute atomic E-state index is 0.554. The van der Waals surface area contributed by atoms with Crippen molar-refractivity contribution in [2.75, 3.05) is 31.6 Å². The van der Waals surface area contributed by atoms with Gasteiger partial charge in [0.25, 0.3) is 0 Å². The molecule has 0 radical (unpaired) electrons. The Morgan fingerprint density at radius 2 is 2.53 bits per heavy atom. The third-order valence-electron chi connectivity index (χ3n) is 3.28. The summed E-state index contributed by atoms with van der Waals surface area (Å²) >= 11 is 3.85. The van der Waals surface area contributed by atoms with E-state index in [2.05, 4.69) is 40.9 Å². The molecule has 17 heavy (non-hydrogen) atoms. The van der Waals surface area contributed by atoms with Crippen LogP contribution in [0, 0.1) is 0 Å². The highest BCUT2D eigenvalue weighted by Gasteiger charge is 2.27. The molecule has 1 N–H and O–H groups in total. The molecule has 0 aliphatic carbocycles. The van der Waals surface area contributed by atoms with Gasteiger partial charge in [0.15, 0.2) is 0 Å². The van der Waals surface area contributed by atoms with Crippen molar-refractivity contribution in [2.45, 2.75) is 25.4 Å². The summed E-state index contributed by atoms with van der Waals surface area (Å²) in [5, 5.41) is 3.64. The molecular weight excluding hydrogens is 250 g/mol. The molecule has 5 heteroatoms. The van der Waals surface area contributed by atoms with Crippen molar-refractivity contribution >= 4 is 23.1 Å². The van der Waals surface area contributed by atoms with Gasteiger partial charge in [-0.1, -0.05) is 6.92 Å². The standard InChI is InChI=1S/C12H21N3S2/c1-3-14-11(6-10-7-13-9-17-10)12-8-16-5-4-15(12)2/h7,9,11-12,14H,3-6,8H2,1-2H3. The van der Waals surface area contributed by atoms with Crippen LogP contribution in [-0.2, 0) is 6.42 Å². The van der Waals surface area contributed by atoms with Gasteiger partial charge in [-0.3, -0.25) is 4.98 Å². The summed E-state index contributed by atoms with van der Waals surface area (Å²) in [6, 6.07) is 1.20. The van der Waals surface area contributed by atoms with Crippen LogP contribution in [0.2, 0.25) is 0 Å². The molecule has 0 aromatic carbocycles. The van der Waals surface area contributed by atoms with E-state index in [1.165, 1.54) is 22.9 Å². The average molecular weight is 271 g/mol. The Balaban J connectivity index is 1.99. The van der Waals surface area contributed by atoms with E-state index in [1.54, 1.807) is 11.3 Å². The van der Waals surface area contributed by atoms with Crippen LogP contribution in [0.4, 0.5) is 0 Å². The van der Waals surface area contributed by atoms with Crippen molar-refractivity contribution in [2.24, 2.45) is 0 Å². The molecule has 2 unspecified atom stereocenters. The first-order valence-electron chi connectivity index (χ1n) is 6.20. The molecule has 3 nitrogen and oxygen atoms in total. The van der Waals surface area contributed by atoms with E-state index in [0.29, 0.717) is 12.1 Å². The van der Waals surface area contributed by atoms with E-state index < -0.39 is 0 Å². The molecule has 0 bridgehead atoms. The Morgan fingerprint density at radius 3 is 3.18 bits per heavy atom. The molecule has 2 rings (SSSR count). The number of rotatable bonds is 5. The predicted octanol–water partition coefficient (Wildman–Crippen LogP) is 1.71. The van der Waals surface area contributed by atoms with Crippen molar-refractivity contribution in [3.8, 4) is 0 Å². The van der Waals surface area contributed by atoms with Crippen LogP contribution in [0.3, 0.4) is 0 Å². The molecule has 0 amide bonds. The molecule has 1 aliphatic heterocycles. The van der Waals surface area contributed by atoms with Crippen molar-refractivity contribution in [1.82, 2.24) is 15.2 Å². The molecule has 1 fully saturated rings. The third-order valence-corrected chi connectivity index (χ3v) is 5.13. The number of thiazole rings is 1. The molecule has 1 aliphatic rings. The van der Waals surface area contributed by atoms with Gasteiger partial charge < -0.3 is 10.2 Å². The Morgan fingerprint density at radius 1 is 1.65 bits per heavy atom. The second kappa shape index (κ2) is 6.73.